The maximum Gasteiger partial charge on any atom is 0.0385 e. The highest BCUT2D eigenvalue weighted by atomic mass is 32.2. The summed E-state index contributed by atoms with van der Waals surface area (Å²) in [6.07, 6.45) is 4.11. The molecule has 1 N–H and O–H groups in total. The average Bonchev–Trinajstić information content (AvgIpc) is 2.28. The summed E-state index contributed by atoms with van der Waals surface area (Å²) in [5.41, 5.74) is 0.217. The third-order valence-corrected chi connectivity index (χ3v) is 5.01. The Morgan fingerprint density at radius 3 is 2.65 bits per heavy atom. The van der Waals surface area contributed by atoms with Crippen LogP contribution in [0.3, 0.4) is 0 Å². The van der Waals surface area contributed by atoms with Gasteiger partial charge in [-0.2, -0.15) is 0 Å². The molecule has 17 heavy (non-hydrogen) atoms. The topological polar surface area (TPSA) is 32.3 Å². The zero-order valence-electron chi connectivity index (χ0n) is 12.0. The molecule has 4 atom stereocenters. The fourth-order valence-electron chi connectivity index (χ4n) is 2.64. The van der Waals surface area contributed by atoms with E-state index >= 15 is 0 Å². The van der Waals surface area contributed by atoms with Gasteiger partial charge in [-0.25, -0.2) is 0 Å². The number of hydrogen-bond donors (Lipinski definition) is 1. The number of hydrogen-bond acceptors (Lipinski definition) is 3. The number of nitrogens with one attached hydrogen (secondary N) is 1. The van der Waals surface area contributed by atoms with Crippen molar-refractivity contribution in [1.29, 1.82) is 0 Å². The Labute approximate surface area is 109 Å². The monoisotopic (exact) mass is 260 g/mol. The van der Waals surface area contributed by atoms with Crippen LogP contribution in [0.4, 0.5) is 0 Å². The summed E-state index contributed by atoms with van der Waals surface area (Å²) in [6, 6.07) is 1.01. The van der Waals surface area contributed by atoms with Gasteiger partial charge in [0.2, 0.25) is 0 Å². The lowest BCUT2D eigenvalue weighted by Gasteiger charge is -2.48. The summed E-state index contributed by atoms with van der Waals surface area (Å²) in [5.74, 6) is 0.788. The summed E-state index contributed by atoms with van der Waals surface area (Å²) in [4.78, 5) is 2.56. The van der Waals surface area contributed by atoms with Gasteiger partial charge < -0.3 is 5.32 Å². The van der Waals surface area contributed by atoms with Crippen molar-refractivity contribution in [2.24, 2.45) is 0 Å². The first kappa shape index (κ1) is 15.1. The van der Waals surface area contributed by atoms with Crippen LogP contribution in [0, 0.1) is 0 Å². The van der Waals surface area contributed by atoms with Crippen molar-refractivity contribution in [3.05, 3.63) is 0 Å². The third kappa shape index (κ3) is 4.04. The van der Waals surface area contributed by atoms with Gasteiger partial charge in [0.15, 0.2) is 0 Å². The van der Waals surface area contributed by atoms with Crippen LogP contribution < -0.4 is 5.32 Å². The molecule has 0 aromatic rings. The summed E-state index contributed by atoms with van der Waals surface area (Å²) in [5, 5.41) is 3.67. The van der Waals surface area contributed by atoms with E-state index in [0.717, 1.165) is 31.7 Å². The molecule has 3 nitrogen and oxygen atoms in total. The van der Waals surface area contributed by atoms with E-state index in [1.807, 2.05) is 0 Å². The van der Waals surface area contributed by atoms with E-state index < -0.39 is 10.8 Å². The van der Waals surface area contributed by atoms with Crippen LogP contribution in [0.1, 0.15) is 40.5 Å². The summed E-state index contributed by atoms with van der Waals surface area (Å²) < 4.78 is 11.4. The van der Waals surface area contributed by atoms with Crippen molar-refractivity contribution < 1.29 is 4.21 Å². The van der Waals surface area contributed by atoms with Crippen LogP contribution in [0.15, 0.2) is 0 Å². The van der Waals surface area contributed by atoms with E-state index in [4.69, 9.17) is 0 Å². The molecule has 4 unspecified atom stereocenters. The quantitative estimate of drug-likeness (QED) is 0.815. The van der Waals surface area contributed by atoms with Crippen LogP contribution in [0.2, 0.25) is 0 Å². The summed E-state index contributed by atoms with van der Waals surface area (Å²) in [6.45, 7) is 11.1. The Hall–Kier alpha value is 0.0700. The van der Waals surface area contributed by atoms with E-state index in [2.05, 4.69) is 37.9 Å². The van der Waals surface area contributed by atoms with Crippen LogP contribution in [-0.4, -0.2) is 51.8 Å². The van der Waals surface area contributed by atoms with Gasteiger partial charge >= 0.3 is 0 Å². The lowest BCUT2D eigenvalue weighted by atomic mass is 9.92. The maximum atomic E-state index is 11.4. The van der Waals surface area contributed by atoms with Crippen LogP contribution >= 0.6 is 0 Å². The SMILES string of the molecule is CCC1CNC(C)(CC)CN1C(C)CS(C)=O. The minimum Gasteiger partial charge on any atom is -0.309 e. The lowest BCUT2D eigenvalue weighted by Crippen LogP contribution is -2.64. The van der Waals surface area contributed by atoms with Crippen molar-refractivity contribution >= 4 is 10.8 Å². The van der Waals surface area contributed by atoms with E-state index in [-0.39, 0.29) is 5.54 Å². The third-order valence-electron chi connectivity index (χ3n) is 4.06. The van der Waals surface area contributed by atoms with Gasteiger partial charge in [0.05, 0.1) is 0 Å². The van der Waals surface area contributed by atoms with E-state index in [1.165, 1.54) is 0 Å². The molecule has 0 aromatic heterocycles. The highest BCUT2D eigenvalue weighted by molar-refractivity contribution is 7.84. The van der Waals surface area contributed by atoms with Crippen LogP contribution in [0.25, 0.3) is 0 Å². The van der Waals surface area contributed by atoms with Crippen LogP contribution in [0.5, 0.6) is 0 Å². The van der Waals surface area contributed by atoms with Gasteiger partial charge in [-0.3, -0.25) is 9.11 Å². The van der Waals surface area contributed by atoms with Crippen molar-refractivity contribution in [2.45, 2.75) is 58.2 Å². The van der Waals surface area contributed by atoms with E-state index in [1.54, 1.807) is 6.26 Å². The molecule has 1 aliphatic rings. The Morgan fingerprint density at radius 2 is 2.18 bits per heavy atom. The van der Waals surface area contributed by atoms with Crippen molar-refractivity contribution in [3.63, 3.8) is 0 Å². The molecular formula is C13H28N2OS. The van der Waals surface area contributed by atoms with Crippen molar-refractivity contribution in [1.82, 2.24) is 10.2 Å². The van der Waals surface area contributed by atoms with Gasteiger partial charge in [0.1, 0.15) is 0 Å². The number of nitrogens with zero attached hydrogens (tertiary/aromatic N) is 1. The highest BCUT2D eigenvalue weighted by Gasteiger charge is 2.35. The van der Waals surface area contributed by atoms with Crippen molar-refractivity contribution in [2.75, 3.05) is 25.1 Å². The molecule has 1 aliphatic heterocycles. The zero-order valence-corrected chi connectivity index (χ0v) is 12.8. The lowest BCUT2D eigenvalue weighted by molar-refractivity contribution is 0.0573. The molecule has 0 saturated carbocycles. The van der Waals surface area contributed by atoms with Gasteiger partial charge in [-0.15, -0.1) is 0 Å². The van der Waals surface area contributed by atoms with Gasteiger partial charge in [-0.05, 0) is 26.7 Å². The van der Waals surface area contributed by atoms with Crippen molar-refractivity contribution in [3.8, 4) is 0 Å². The number of piperazine rings is 1. The molecule has 1 fully saturated rings. The molecular weight excluding hydrogens is 232 g/mol. The average molecular weight is 260 g/mol. The minimum absolute atomic E-state index is 0.217. The Bertz CT molecular complexity index is 272. The second-order valence-electron chi connectivity index (χ2n) is 5.62. The Kier molecular flexibility index (Phi) is 5.61. The largest absolute Gasteiger partial charge is 0.309 e. The van der Waals surface area contributed by atoms with Gasteiger partial charge in [-0.1, -0.05) is 13.8 Å². The predicted octanol–water partition coefficient (Wildman–Crippen LogP) is 1.61. The first-order valence-electron chi connectivity index (χ1n) is 6.72. The Balaban J connectivity index is 2.72. The molecule has 0 amide bonds. The first-order valence-corrected chi connectivity index (χ1v) is 8.45. The molecule has 0 spiro atoms. The predicted molar refractivity (Wildman–Crippen MR) is 75.9 cm³/mol. The molecule has 1 heterocycles. The minimum atomic E-state index is -0.703. The second-order valence-corrected chi connectivity index (χ2v) is 7.10. The molecule has 0 bridgehead atoms. The molecule has 0 aliphatic carbocycles. The molecule has 1 rings (SSSR count). The van der Waals surface area contributed by atoms with Gasteiger partial charge in [0.25, 0.3) is 0 Å². The number of rotatable bonds is 5. The fraction of sp³-hybridized carbons (Fsp3) is 1.00. The summed E-state index contributed by atoms with van der Waals surface area (Å²) in [7, 11) is -0.703. The second kappa shape index (κ2) is 6.30. The fourth-order valence-corrected chi connectivity index (χ4v) is 3.51. The molecule has 0 radical (unpaired) electrons. The molecule has 1 saturated heterocycles. The van der Waals surface area contributed by atoms with Gasteiger partial charge in [0, 0.05) is 53.5 Å². The van der Waals surface area contributed by atoms with E-state index in [0.29, 0.717) is 12.1 Å². The maximum absolute atomic E-state index is 11.4. The van der Waals surface area contributed by atoms with Crippen LogP contribution in [-0.2, 0) is 10.8 Å². The smallest absolute Gasteiger partial charge is 0.0385 e. The summed E-state index contributed by atoms with van der Waals surface area (Å²) >= 11 is 0. The molecule has 102 valence electrons. The standard InChI is InChI=1S/C13H28N2OS/c1-6-12-8-14-13(4,7-2)10-15(12)11(3)9-17(5)16/h11-12,14H,6-10H2,1-5H3. The van der Waals surface area contributed by atoms with E-state index in [9.17, 15) is 4.21 Å². The molecule has 0 aromatic carbocycles. The normalized spacial score (nSPS) is 34.5. The molecule has 4 heteroatoms. The zero-order chi connectivity index (χ0) is 13.1. The first-order chi connectivity index (χ1) is 7.91. The highest BCUT2D eigenvalue weighted by Crippen LogP contribution is 2.22. The Morgan fingerprint density at radius 1 is 1.53 bits per heavy atom.